The number of hydrogen-bond donors (Lipinski definition) is 2. The van der Waals surface area contributed by atoms with Gasteiger partial charge in [-0.05, 0) is 54.1 Å². The topological polar surface area (TPSA) is 110 Å². The van der Waals surface area contributed by atoms with E-state index in [1.165, 1.54) is 55.5 Å². The molecule has 3 aromatic rings. The summed E-state index contributed by atoms with van der Waals surface area (Å²) in [6, 6.07) is 12.9. The van der Waals surface area contributed by atoms with Crippen molar-refractivity contribution in [3.8, 4) is 5.75 Å². The smallest absolute Gasteiger partial charge is 0.416 e. The van der Waals surface area contributed by atoms with E-state index >= 15 is 4.39 Å². The van der Waals surface area contributed by atoms with Gasteiger partial charge in [0.1, 0.15) is 17.7 Å². The first-order valence-corrected chi connectivity index (χ1v) is 14.2. The minimum absolute atomic E-state index is 0.0140. The number of alkyl halides is 3. The molecule has 2 atom stereocenters. The monoisotopic (exact) mass is 580 g/mol. The van der Waals surface area contributed by atoms with Crippen LogP contribution in [0.1, 0.15) is 46.3 Å². The molecule has 7 nitrogen and oxygen atoms in total. The van der Waals surface area contributed by atoms with Crippen LogP contribution >= 0.6 is 0 Å². The first-order valence-electron chi connectivity index (χ1n) is 12.5. The molecule has 1 amide bonds. The van der Waals surface area contributed by atoms with Gasteiger partial charge in [0.2, 0.25) is 0 Å². The molecular formula is C28H28F4N2O5S. The maximum absolute atomic E-state index is 15.8. The Kier molecular flexibility index (Phi) is 8.41. The molecule has 1 fully saturated rings. The lowest BCUT2D eigenvalue weighted by Crippen LogP contribution is -2.27. The van der Waals surface area contributed by atoms with E-state index in [-0.39, 0.29) is 34.1 Å². The number of nitrogens with two attached hydrogens (primary N) is 1. The van der Waals surface area contributed by atoms with Crippen molar-refractivity contribution in [2.24, 2.45) is 5.73 Å². The van der Waals surface area contributed by atoms with Crippen LogP contribution in [0.15, 0.2) is 65.6 Å². The van der Waals surface area contributed by atoms with Crippen molar-refractivity contribution < 1.29 is 40.6 Å². The predicted octanol–water partition coefficient (Wildman–Crippen LogP) is 4.52. The fourth-order valence-electron chi connectivity index (χ4n) is 4.78. The fourth-order valence-corrected chi connectivity index (χ4v) is 5.66. The van der Waals surface area contributed by atoms with Crippen molar-refractivity contribution in [1.29, 1.82) is 0 Å². The van der Waals surface area contributed by atoms with Crippen molar-refractivity contribution in [2.45, 2.75) is 36.4 Å². The van der Waals surface area contributed by atoms with Crippen LogP contribution in [0.25, 0.3) is 0 Å². The molecule has 0 saturated carbocycles. The molecule has 1 heterocycles. The molecule has 1 aliphatic heterocycles. The number of halogens is 4. The molecule has 0 bridgehead atoms. The van der Waals surface area contributed by atoms with Crippen molar-refractivity contribution in [3.05, 3.63) is 88.7 Å². The van der Waals surface area contributed by atoms with E-state index in [1.807, 2.05) is 0 Å². The SMILES string of the molecule is CCS(=O)(=O)c1ccc([C@@H](CO)c2c(N3CC[C@H](Oc4ccc(C(F)(F)F)cc4)C3)ccc(C(N)=O)c2F)cc1. The van der Waals surface area contributed by atoms with Gasteiger partial charge in [-0.3, -0.25) is 4.79 Å². The van der Waals surface area contributed by atoms with Crippen LogP contribution in [0.2, 0.25) is 0 Å². The molecule has 0 aromatic heterocycles. The zero-order chi connectivity index (χ0) is 29.2. The fraction of sp³-hybridized carbons (Fsp3) is 0.321. The number of nitrogens with zero attached hydrogens (tertiary/aromatic N) is 1. The molecule has 4 rings (SSSR count). The van der Waals surface area contributed by atoms with E-state index in [4.69, 9.17) is 10.5 Å². The summed E-state index contributed by atoms with van der Waals surface area (Å²) in [4.78, 5) is 13.8. The molecule has 12 heteroatoms. The Balaban J connectivity index is 1.64. The molecule has 0 spiro atoms. The Morgan fingerprint density at radius 2 is 1.75 bits per heavy atom. The minimum Gasteiger partial charge on any atom is -0.489 e. The second-order valence-electron chi connectivity index (χ2n) is 9.43. The number of aliphatic hydroxyl groups excluding tert-OH is 1. The molecule has 40 heavy (non-hydrogen) atoms. The maximum Gasteiger partial charge on any atom is 0.416 e. The van der Waals surface area contributed by atoms with Crippen LogP contribution in [0.4, 0.5) is 23.2 Å². The van der Waals surface area contributed by atoms with Gasteiger partial charge in [0.15, 0.2) is 9.84 Å². The molecular weight excluding hydrogens is 552 g/mol. The molecule has 3 aromatic carbocycles. The summed E-state index contributed by atoms with van der Waals surface area (Å²) in [7, 11) is -3.48. The van der Waals surface area contributed by atoms with Gasteiger partial charge >= 0.3 is 6.18 Å². The number of benzene rings is 3. The summed E-state index contributed by atoms with van der Waals surface area (Å²) >= 11 is 0. The normalized spacial score (nSPS) is 16.6. The summed E-state index contributed by atoms with van der Waals surface area (Å²) in [6.45, 7) is 1.63. The third-order valence-electron chi connectivity index (χ3n) is 6.94. The number of sulfone groups is 1. The number of hydrogen-bond acceptors (Lipinski definition) is 6. The van der Waals surface area contributed by atoms with Gasteiger partial charge < -0.3 is 20.5 Å². The lowest BCUT2D eigenvalue weighted by atomic mass is 9.88. The average molecular weight is 581 g/mol. The highest BCUT2D eigenvalue weighted by Gasteiger charge is 2.33. The van der Waals surface area contributed by atoms with Gasteiger partial charge in [-0.15, -0.1) is 0 Å². The van der Waals surface area contributed by atoms with E-state index in [2.05, 4.69) is 0 Å². The first-order chi connectivity index (χ1) is 18.9. The Hall–Kier alpha value is -3.64. The molecule has 1 aliphatic rings. The van der Waals surface area contributed by atoms with Gasteiger partial charge in [0.05, 0.1) is 34.9 Å². The van der Waals surface area contributed by atoms with Crippen molar-refractivity contribution in [2.75, 3.05) is 30.3 Å². The van der Waals surface area contributed by atoms with E-state index in [9.17, 15) is 31.5 Å². The Bertz CT molecular complexity index is 1480. The van der Waals surface area contributed by atoms with Crippen molar-refractivity contribution in [3.63, 3.8) is 0 Å². The van der Waals surface area contributed by atoms with Gasteiger partial charge in [-0.2, -0.15) is 13.2 Å². The van der Waals surface area contributed by atoms with Gasteiger partial charge in [-0.25, -0.2) is 12.8 Å². The van der Waals surface area contributed by atoms with Crippen LogP contribution in [0.3, 0.4) is 0 Å². The number of rotatable bonds is 9. The molecule has 0 unspecified atom stereocenters. The zero-order valence-electron chi connectivity index (χ0n) is 21.5. The minimum atomic E-state index is -4.46. The molecule has 1 saturated heterocycles. The third-order valence-corrected chi connectivity index (χ3v) is 8.70. The number of aliphatic hydroxyl groups is 1. The molecule has 3 N–H and O–H groups in total. The van der Waals surface area contributed by atoms with Crippen LogP contribution in [-0.4, -0.2) is 51.0 Å². The number of amides is 1. The van der Waals surface area contributed by atoms with E-state index in [0.717, 1.165) is 12.1 Å². The molecule has 0 aliphatic carbocycles. The summed E-state index contributed by atoms with van der Waals surface area (Å²) in [5, 5.41) is 10.3. The van der Waals surface area contributed by atoms with Crippen LogP contribution < -0.4 is 15.4 Å². The average Bonchev–Trinajstić information content (AvgIpc) is 3.38. The second-order valence-corrected chi connectivity index (χ2v) is 11.7. The lowest BCUT2D eigenvalue weighted by Gasteiger charge is -2.27. The summed E-state index contributed by atoms with van der Waals surface area (Å²) in [6.07, 6.45) is -4.41. The standard InChI is InChI=1S/C28H28F4N2O5S/c1-2-40(37,38)21-9-3-17(4-10-21)23(16-35)25-24(12-11-22(26(25)29)27(33)36)34-14-13-20(15-34)39-19-7-5-18(6-8-19)28(30,31)32/h3-12,20,23,35H,2,13-16H2,1H3,(H2,33,36)/t20-,23+/m0/s1. The second kappa shape index (κ2) is 11.5. The highest BCUT2D eigenvalue weighted by Crippen LogP contribution is 2.38. The van der Waals surface area contributed by atoms with Crippen LogP contribution in [0.5, 0.6) is 5.75 Å². The number of primary amides is 1. The highest BCUT2D eigenvalue weighted by molar-refractivity contribution is 7.91. The Labute approximate surface area is 229 Å². The van der Waals surface area contributed by atoms with Gasteiger partial charge in [-0.1, -0.05) is 19.1 Å². The summed E-state index contributed by atoms with van der Waals surface area (Å²) in [5.41, 5.74) is 5.05. The summed E-state index contributed by atoms with van der Waals surface area (Å²) < 4.78 is 84.7. The molecule has 0 radical (unpaired) electrons. The van der Waals surface area contributed by atoms with Crippen LogP contribution in [0, 0.1) is 5.82 Å². The van der Waals surface area contributed by atoms with Crippen LogP contribution in [-0.2, 0) is 16.0 Å². The third kappa shape index (κ3) is 6.07. The lowest BCUT2D eigenvalue weighted by molar-refractivity contribution is -0.137. The van der Waals surface area contributed by atoms with Crippen molar-refractivity contribution in [1.82, 2.24) is 0 Å². The van der Waals surface area contributed by atoms with E-state index < -0.39 is 51.9 Å². The first kappa shape index (κ1) is 29.3. The predicted molar refractivity (Wildman–Crippen MR) is 141 cm³/mol. The molecule has 214 valence electrons. The number of anilines is 1. The quantitative estimate of drug-likeness (QED) is 0.361. The largest absolute Gasteiger partial charge is 0.489 e. The summed E-state index contributed by atoms with van der Waals surface area (Å²) in [5.74, 6) is -2.69. The van der Waals surface area contributed by atoms with Crippen molar-refractivity contribution >= 4 is 21.4 Å². The number of carbonyl (C=O) groups is 1. The van der Waals surface area contributed by atoms with E-state index in [0.29, 0.717) is 24.2 Å². The number of carbonyl (C=O) groups excluding carboxylic acids is 1. The number of ether oxygens (including phenoxy) is 1. The zero-order valence-corrected chi connectivity index (χ0v) is 22.3. The maximum atomic E-state index is 15.8. The van der Waals surface area contributed by atoms with Gasteiger partial charge in [0, 0.05) is 30.1 Å². The van der Waals surface area contributed by atoms with Gasteiger partial charge in [0.25, 0.3) is 5.91 Å². The Morgan fingerprint density at radius 1 is 1.10 bits per heavy atom. The Morgan fingerprint density at radius 3 is 2.30 bits per heavy atom. The highest BCUT2D eigenvalue weighted by atomic mass is 32.2. The van der Waals surface area contributed by atoms with E-state index in [1.54, 1.807) is 4.90 Å².